The van der Waals surface area contributed by atoms with Crippen molar-refractivity contribution in [2.75, 3.05) is 20.6 Å². The molecule has 0 bridgehead atoms. The molecule has 3 heteroatoms. The minimum atomic E-state index is 0.452. The van der Waals surface area contributed by atoms with E-state index in [0.717, 1.165) is 3.92 Å². The molecule has 1 nitrogen and oxygen atoms in total. The van der Waals surface area contributed by atoms with E-state index in [0.29, 0.717) is 34.5 Å². The van der Waals surface area contributed by atoms with Crippen LogP contribution in [-0.2, 0) is 0 Å². The molecule has 0 spiro atoms. The second-order valence-corrected chi connectivity index (χ2v) is 14.0. The van der Waals surface area contributed by atoms with Crippen molar-refractivity contribution in [2.24, 2.45) is 0 Å². The van der Waals surface area contributed by atoms with Crippen molar-refractivity contribution < 1.29 is 0 Å². The molecule has 11 heavy (non-hydrogen) atoms. The van der Waals surface area contributed by atoms with Gasteiger partial charge in [0.2, 0.25) is 0 Å². The van der Waals surface area contributed by atoms with E-state index in [2.05, 4.69) is 29.2 Å². The van der Waals surface area contributed by atoms with E-state index in [4.69, 9.17) is 0 Å². The van der Waals surface area contributed by atoms with Gasteiger partial charge in [0.1, 0.15) is 0 Å². The van der Waals surface area contributed by atoms with Gasteiger partial charge in [0.15, 0.2) is 0 Å². The Morgan fingerprint density at radius 2 is 2.27 bits per heavy atom. The maximum atomic E-state index is 2.51. The molecule has 0 aliphatic carbocycles. The third-order valence-electron chi connectivity index (χ3n) is 1.62. The topological polar surface area (TPSA) is 3.24 Å². The molecule has 1 aliphatic heterocycles. The summed E-state index contributed by atoms with van der Waals surface area (Å²) in [7, 11) is 4.32. The van der Waals surface area contributed by atoms with Crippen molar-refractivity contribution in [2.45, 2.75) is 16.8 Å². The summed E-state index contributed by atoms with van der Waals surface area (Å²) in [6.45, 7) is 1.28. The predicted molar refractivity (Wildman–Crippen MR) is 71.5 cm³/mol. The zero-order valence-corrected chi connectivity index (χ0v) is 11.8. The van der Waals surface area contributed by atoms with Crippen LogP contribution < -0.4 is 0 Å². The molecule has 0 radical (unpaired) electrons. The van der Waals surface area contributed by atoms with Crippen LogP contribution in [0, 0.1) is 0 Å². The Hall–Kier alpha value is 1.16. The van der Waals surface area contributed by atoms with Crippen LogP contribution in [0.4, 0.5) is 0 Å². The van der Waals surface area contributed by atoms with Crippen LogP contribution in [0.3, 0.4) is 0 Å². The molecular formula is C8H17I2N. The van der Waals surface area contributed by atoms with Crippen molar-refractivity contribution in [1.29, 1.82) is 0 Å². The van der Waals surface area contributed by atoms with Gasteiger partial charge in [0.05, 0.1) is 0 Å². The van der Waals surface area contributed by atoms with Crippen LogP contribution in [0.5, 0.6) is 0 Å². The Kier molecular flexibility index (Phi) is 5.35. The molecule has 0 N–H and O–H groups in total. The zero-order chi connectivity index (χ0) is 8.10. The Labute approximate surface area is 86.2 Å². The average molecular weight is 381 g/mol. The SMILES string of the molecule is CN(C)CCCC1C=C[IH][IH]1. The normalized spacial score (nSPS) is 24.8. The molecule has 1 rings (SSSR count). The number of hydrogen-bond donors (Lipinski definition) is 0. The summed E-state index contributed by atoms with van der Waals surface area (Å²) in [6.07, 6.45) is 5.38. The van der Waals surface area contributed by atoms with Crippen LogP contribution in [-0.4, -0.2) is 29.5 Å². The fourth-order valence-corrected chi connectivity index (χ4v) is 12.7. The summed E-state index contributed by atoms with van der Waals surface area (Å²) < 4.78 is 3.59. The molecule has 1 atom stereocenters. The van der Waals surface area contributed by atoms with Crippen molar-refractivity contribution >= 4 is 34.5 Å². The molecule has 0 fully saturated rings. The van der Waals surface area contributed by atoms with Gasteiger partial charge in [-0.25, -0.2) is 0 Å². The van der Waals surface area contributed by atoms with E-state index in [9.17, 15) is 0 Å². The number of rotatable bonds is 4. The standard InChI is InChI=1S/C8H17I2N/c1-11(2)7-3-4-8-5-6-9-10-8/h5-6,8-10H,3-4,7H2,1-2H3. The summed E-state index contributed by atoms with van der Waals surface area (Å²) in [5.41, 5.74) is 0. The van der Waals surface area contributed by atoms with Crippen molar-refractivity contribution in [3.8, 4) is 0 Å². The summed E-state index contributed by atoms with van der Waals surface area (Å²) in [4.78, 5) is 2.29. The number of alkyl halides is 1. The number of allylic oxidation sites excluding steroid dienone is 1. The van der Waals surface area contributed by atoms with Gasteiger partial charge in [-0.2, -0.15) is 0 Å². The quantitative estimate of drug-likeness (QED) is 0.535. The Balaban J connectivity index is 1.98. The van der Waals surface area contributed by atoms with Crippen molar-refractivity contribution in [3.63, 3.8) is 0 Å². The summed E-state index contributed by atoms with van der Waals surface area (Å²) in [6, 6.07) is 0. The van der Waals surface area contributed by atoms with Crippen LogP contribution in [0.1, 0.15) is 12.8 Å². The first-order chi connectivity index (χ1) is 5.29. The van der Waals surface area contributed by atoms with E-state index in [-0.39, 0.29) is 0 Å². The number of hydrogen-bond acceptors (Lipinski definition) is 1. The number of nitrogens with zero attached hydrogens (tertiary/aromatic N) is 1. The van der Waals surface area contributed by atoms with Crippen LogP contribution >= 0.6 is 34.5 Å². The van der Waals surface area contributed by atoms with E-state index < -0.39 is 0 Å². The fourth-order valence-electron chi connectivity index (χ4n) is 1.01. The monoisotopic (exact) mass is 381 g/mol. The van der Waals surface area contributed by atoms with Gasteiger partial charge in [-0.15, -0.1) is 0 Å². The van der Waals surface area contributed by atoms with Gasteiger partial charge in [0, 0.05) is 0 Å². The molecule has 1 unspecified atom stereocenters. The molecule has 0 saturated carbocycles. The van der Waals surface area contributed by atoms with E-state index >= 15 is 0 Å². The molecule has 0 amide bonds. The van der Waals surface area contributed by atoms with Crippen molar-refractivity contribution in [3.05, 3.63) is 10.2 Å². The van der Waals surface area contributed by atoms with Gasteiger partial charge in [-0.1, -0.05) is 0 Å². The first-order valence-electron chi connectivity index (χ1n) is 3.92. The second kappa shape index (κ2) is 5.75. The summed E-state index contributed by atoms with van der Waals surface area (Å²) >= 11 is 0.936. The van der Waals surface area contributed by atoms with Gasteiger partial charge in [-0.05, 0) is 0 Å². The van der Waals surface area contributed by atoms with Crippen molar-refractivity contribution in [1.82, 2.24) is 4.90 Å². The molecule has 0 saturated heterocycles. The molecule has 68 valence electrons. The second-order valence-electron chi connectivity index (χ2n) is 3.00. The van der Waals surface area contributed by atoms with Crippen LogP contribution in [0.2, 0.25) is 0 Å². The first kappa shape index (κ1) is 10.2. The third kappa shape index (κ3) is 4.67. The van der Waals surface area contributed by atoms with E-state index in [1.807, 2.05) is 0 Å². The Bertz CT molecular complexity index is 134. The predicted octanol–water partition coefficient (Wildman–Crippen LogP) is 2.55. The third-order valence-corrected chi connectivity index (χ3v) is 13.5. The van der Waals surface area contributed by atoms with Gasteiger partial charge in [-0.3, -0.25) is 0 Å². The zero-order valence-electron chi connectivity index (χ0n) is 7.12. The van der Waals surface area contributed by atoms with Gasteiger partial charge in [0.25, 0.3) is 0 Å². The number of halogens is 2. The fraction of sp³-hybridized carbons (Fsp3) is 0.750. The maximum absolute atomic E-state index is 2.51. The molecule has 0 aromatic carbocycles. The Morgan fingerprint density at radius 1 is 1.45 bits per heavy atom. The van der Waals surface area contributed by atoms with Gasteiger partial charge < -0.3 is 0 Å². The van der Waals surface area contributed by atoms with Crippen LogP contribution in [0.15, 0.2) is 10.2 Å². The van der Waals surface area contributed by atoms with E-state index in [1.165, 1.54) is 19.4 Å². The van der Waals surface area contributed by atoms with Crippen LogP contribution in [0.25, 0.3) is 0 Å². The molecule has 0 aromatic heterocycles. The Morgan fingerprint density at radius 3 is 2.82 bits per heavy atom. The average Bonchev–Trinajstić information content (AvgIpc) is 2.39. The summed E-state index contributed by atoms with van der Waals surface area (Å²) in [5.74, 6) is 0. The summed E-state index contributed by atoms with van der Waals surface area (Å²) in [5, 5.41) is 0. The first-order valence-corrected chi connectivity index (χ1v) is 13.9. The molecule has 1 aliphatic rings. The molecular weight excluding hydrogens is 364 g/mol. The van der Waals surface area contributed by atoms with Gasteiger partial charge >= 0.3 is 86.9 Å². The van der Waals surface area contributed by atoms with E-state index in [1.54, 1.807) is 0 Å². The minimum absolute atomic E-state index is 0.452. The molecule has 0 aromatic rings. The molecule has 1 heterocycles.